The zero-order valence-electron chi connectivity index (χ0n) is 19.4. The fourth-order valence-corrected chi connectivity index (χ4v) is 4.94. The third kappa shape index (κ3) is 8.13. The summed E-state index contributed by atoms with van der Waals surface area (Å²) < 4.78 is 62.0. The highest BCUT2D eigenvalue weighted by Gasteiger charge is 2.21. The largest absolute Gasteiger partial charge is 0.346 e. The molecule has 1 aliphatic heterocycles. The molecule has 0 amide bonds. The number of halogens is 1. The molecule has 0 N–H and O–H groups in total. The summed E-state index contributed by atoms with van der Waals surface area (Å²) in [4.78, 5) is 0.314. The van der Waals surface area contributed by atoms with Crippen molar-refractivity contribution in [2.45, 2.75) is 36.3 Å². The van der Waals surface area contributed by atoms with Crippen LogP contribution >= 0.6 is 10.7 Å². The highest BCUT2D eigenvalue weighted by Crippen LogP contribution is 2.27. The Labute approximate surface area is 211 Å². The van der Waals surface area contributed by atoms with Crippen molar-refractivity contribution in [2.75, 3.05) is 19.8 Å². The van der Waals surface area contributed by atoms with Gasteiger partial charge in [0.25, 0.3) is 19.2 Å². The molecule has 7 nitrogen and oxygen atoms in total. The fraction of sp³-hybridized carbons (Fsp3) is 0.280. The Morgan fingerprint density at radius 1 is 0.800 bits per heavy atom. The number of aryl methyl sites for hydroxylation is 2. The minimum atomic E-state index is -3.74. The van der Waals surface area contributed by atoms with Crippen molar-refractivity contribution in [1.29, 1.82) is 0 Å². The molecule has 1 aliphatic rings. The van der Waals surface area contributed by atoms with Crippen molar-refractivity contribution in [1.82, 2.24) is 0 Å². The molecule has 10 heteroatoms. The zero-order valence-corrected chi connectivity index (χ0v) is 21.8. The Balaban J connectivity index is 0.000000261. The van der Waals surface area contributed by atoms with Gasteiger partial charge in [-0.2, -0.15) is 8.42 Å². The summed E-state index contributed by atoms with van der Waals surface area (Å²) in [6, 6.07) is 20.7. The highest BCUT2D eigenvalue weighted by molar-refractivity contribution is 8.13. The number of hydrogen-bond donors (Lipinski definition) is 0. The first-order chi connectivity index (χ1) is 16.6. The lowest BCUT2D eigenvalue weighted by Crippen LogP contribution is -2.11. The van der Waals surface area contributed by atoms with Gasteiger partial charge in [-0.3, -0.25) is 4.18 Å². The molecule has 0 saturated carbocycles. The number of ether oxygens (including phenoxy) is 2. The fourth-order valence-electron chi connectivity index (χ4n) is 3.26. The second-order valence-electron chi connectivity index (χ2n) is 7.86. The molecular formula is C25H27ClO7S2. The van der Waals surface area contributed by atoms with Gasteiger partial charge in [0, 0.05) is 16.2 Å². The van der Waals surface area contributed by atoms with Gasteiger partial charge in [0.2, 0.25) is 0 Å². The molecule has 188 valence electrons. The monoisotopic (exact) mass is 538 g/mol. The Bertz CT molecular complexity index is 1310. The van der Waals surface area contributed by atoms with Crippen LogP contribution in [0, 0.1) is 13.8 Å². The maximum absolute atomic E-state index is 12.2. The number of benzene rings is 3. The second-order valence-corrected chi connectivity index (χ2v) is 12.0. The van der Waals surface area contributed by atoms with Crippen LogP contribution < -0.4 is 0 Å². The smallest absolute Gasteiger partial charge is 0.296 e. The molecule has 1 heterocycles. The molecular weight excluding hydrogens is 512 g/mol. The van der Waals surface area contributed by atoms with E-state index in [0.717, 1.165) is 22.3 Å². The minimum Gasteiger partial charge on any atom is -0.346 e. The molecule has 0 aromatic heterocycles. The predicted molar refractivity (Wildman–Crippen MR) is 133 cm³/mol. The van der Waals surface area contributed by atoms with Gasteiger partial charge >= 0.3 is 0 Å². The van der Waals surface area contributed by atoms with Crippen LogP contribution in [0.5, 0.6) is 0 Å². The van der Waals surface area contributed by atoms with Crippen molar-refractivity contribution in [3.05, 3.63) is 95.1 Å². The van der Waals surface area contributed by atoms with Gasteiger partial charge in [0.15, 0.2) is 6.29 Å². The van der Waals surface area contributed by atoms with E-state index in [2.05, 4.69) is 0 Å². The average molecular weight is 539 g/mol. The van der Waals surface area contributed by atoms with E-state index in [0.29, 0.717) is 19.6 Å². The van der Waals surface area contributed by atoms with Gasteiger partial charge in [-0.25, -0.2) is 8.42 Å². The van der Waals surface area contributed by atoms with E-state index in [1.165, 1.54) is 12.1 Å². The van der Waals surface area contributed by atoms with Crippen LogP contribution in [0.1, 0.15) is 28.5 Å². The van der Waals surface area contributed by atoms with Gasteiger partial charge in [-0.1, -0.05) is 59.7 Å². The number of rotatable bonds is 7. The molecule has 1 saturated heterocycles. The summed E-state index contributed by atoms with van der Waals surface area (Å²) in [6.07, 6.45) is 0.0831. The topological polar surface area (TPSA) is 96.0 Å². The maximum atomic E-state index is 12.2. The summed E-state index contributed by atoms with van der Waals surface area (Å²) >= 11 is 0. The zero-order chi connectivity index (χ0) is 25.5. The van der Waals surface area contributed by atoms with E-state index in [1.54, 1.807) is 36.4 Å². The van der Waals surface area contributed by atoms with Crippen molar-refractivity contribution in [3.8, 4) is 0 Å². The minimum absolute atomic E-state index is 0.0694. The standard InChI is InChI=1S/C18H20O5S.C7H7ClO2S/c1-14-6-8-16(9-7-14)24(19,20)23-11-10-15-4-2-3-5-17(15)18-21-12-13-22-18;1-6-2-4-7(5-3-6)11(8,9)10/h2-9,18H,10-13H2,1H3;2-5H,1H3. The van der Waals surface area contributed by atoms with Gasteiger partial charge in [-0.05, 0) is 50.1 Å². The third-order valence-corrected chi connectivity index (χ3v) is 7.85. The Hall–Kier alpha value is -2.27. The van der Waals surface area contributed by atoms with E-state index in [-0.39, 0.29) is 22.7 Å². The van der Waals surface area contributed by atoms with Crippen LogP contribution in [0.3, 0.4) is 0 Å². The summed E-state index contributed by atoms with van der Waals surface area (Å²) in [5.41, 5.74) is 3.89. The normalized spacial score (nSPS) is 14.4. The third-order valence-electron chi connectivity index (χ3n) is 5.15. The summed E-state index contributed by atoms with van der Waals surface area (Å²) in [6.45, 7) is 4.99. The van der Waals surface area contributed by atoms with Crippen LogP contribution in [0.15, 0.2) is 82.6 Å². The molecule has 35 heavy (non-hydrogen) atoms. The van der Waals surface area contributed by atoms with Crippen molar-refractivity contribution < 1.29 is 30.5 Å². The lowest BCUT2D eigenvalue weighted by molar-refractivity contribution is -0.0447. The van der Waals surface area contributed by atoms with Crippen LogP contribution in [-0.2, 0) is 39.2 Å². The summed E-state index contributed by atoms with van der Waals surface area (Å²) in [5, 5.41) is 0. The van der Waals surface area contributed by atoms with E-state index >= 15 is 0 Å². The lowest BCUT2D eigenvalue weighted by Gasteiger charge is -2.14. The van der Waals surface area contributed by atoms with Gasteiger partial charge in [-0.15, -0.1) is 0 Å². The van der Waals surface area contributed by atoms with Gasteiger partial charge in [0.05, 0.1) is 29.6 Å². The quantitative estimate of drug-likeness (QED) is 0.311. The van der Waals surface area contributed by atoms with Crippen molar-refractivity contribution in [3.63, 3.8) is 0 Å². The molecule has 0 bridgehead atoms. The van der Waals surface area contributed by atoms with E-state index < -0.39 is 19.2 Å². The molecule has 0 aliphatic carbocycles. The van der Waals surface area contributed by atoms with E-state index in [1.807, 2.05) is 38.1 Å². The van der Waals surface area contributed by atoms with Crippen LogP contribution in [-0.4, -0.2) is 36.7 Å². The van der Waals surface area contributed by atoms with Crippen molar-refractivity contribution >= 4 is 29.9 Å². The molecule has 0 atom stereocenters. The maximum Gasteiger partial charge on any atom is 0.296 e. The molecule has 3 aromatic carbocycles. The van der Waals surface area contributed by atoms with E-state index in [4.69, 9.17) is 24.3 Å². The SMILES string of the molecule is Cc1ccc(S(=O)(=O)Cl)cc1.Cc1ccc(S(=O)(=O)OCCc2ccccc2C2OCCO2)cc1. The van der Waals surface area contributed by atoms with Crippen LogP contribution in [0.2, 0.25) is 0 Å². The number of hydrogen-bond acceptors (Lipinski definition) is 7. The van der Waals surface area contributed by atoms with Gasteiger partial charge < -0.3 is 9.47 Å². The Morgan fingerprint density at radius 2 is 1.31 bits per heavy atom. The molecule has 0 unspecified atom stereocenters. The highest BCUT2D eigenvalue weighted by atomic mass is 35.7. The molecule has 3 aromatic rings. The molecule has 0 spiro atoms. The molecule has 0 radical (unpaired) electrons. The molecule has 4 rings (SSSR count). The Kier molecular flexibility index (Phi) is 9.46. The first-order valence-electron chi connectivity index (χ1n) is 10.8. The van der Waals surface area contributed by atoms with Crippen LogP contribution in [0.4, 0.5) is 0 Å². The van der Waals surface area contributed by atoms with E-state index in [9.17, 15) is 16.8 Å². The van der Waals surface area contributed by atoms with Crippen LogP contribution in [0.25, 0.3) is 0 Å². The van der Waals surface area contributed by atoms with Crippen molar-refractivity contribution in [2.24, 2.45) is 0 Å². The predicted octanol–water partition coefficient (Wildman–Crippen LogP) is 4.91. The Morgan fingerprint density at radius 3 is 1.86 bits per heavy atom. The molecule has 1 fully saturated rings. The summed E-state index contributed by atoms with van der Waals surface area (Å²) in [5.74, 6) is 0. The second kappa shape index (κ2) is 12.1. The van der Waals surface area contributed by atoms with Gasteiger partial charge in [0.1, 0.15) is 0 Å². The average Bonchev–Trinajstić information content (AvgIpc) is 3.35. The first kappa shape index (κ1) is 27.3. The lowest BCUT2D eigenvalue weighted by atomic mass is 10.0. The summed E-state index contributed by atoms with van der Waals surface area (Å²) in [7, 11) is -2.21. The first-order valence-corrected chi connectivity index (χ1v) is 14.6.